The van der Waals surface area contributed by atoms with Crippen LogP contribution in [0.1, 0.15) is 13.8 Å². The van der Waals surface area contributed by atoms with E-state index >= 15 is 0 Å². The molecule has 4 nitrogen and oxygen atoms in total. The van der Waals surface area contributed by atoms with E-state index in [2.05, 4.69) is 29.5 Å². The van der Waals surface area contributed by atoms with Crippen LogP contribution < -0.4 is 10.6 Å². The van der Waals surface area contributed by atoms with Gasteiger partial charge in [-0.15, -0.1) is 11.3 Å². The standard InChI is InChI=1S/C14H17N3OS/c1-10(2)9-16-14(18)17-12-5-3-4-11(8-12)13-15-6-7-19-13/h3-8,10H,9H2,1-2H3,(H2,16,17,18). The van der Waals surface area contributed by atoms with Gasteiger partial charge in [0.2, 0.25) is 0 Å². The lowest BCUT2D eigenvalue weighted by Crippen LogP contribution is -2.31. The van der Waals surface area contributed by atoms with Gasteiger partial charge in [0.15, 0.2) is 0 Å². The summed E-state index contributed by atoms with van der Waals surface area (Å²) in [5.74, 6) is 0.437. The third-order valence-electron chi connectivity index (χ3n) is 2.47. The van der Waals surface area contributed by atoms with E-state index in [0.29, 0.717) is 12.5 Å². The number of hydrogen-bond donors (Lipinski definition) is 2. The smallest absolute Gasteiger partial charge is 0.319 e. The van der Waals surface area contributed by atoms with Crippen LogP contribution in [0.15, 0.2) is 35.8 Å². The van der Waals surface area contributed by atoms with E-state index in [-0.39, 0.29) is 6.03 Å². The molecule has 0 unspecified atom stereocenters. The zero-order chi connectivity index (χ0) is 13.7. The Hall–Kier alpha value is -1.88. The van der Waals surface area contributed by atoms with Gasteiger partial charge in [-0.05, 0) is 18.1 Å². The Morgan fingerprint density at radius 2 is 2.26 bits per heavy atom. The molecular weight excluding hydrogens is 258 g/mol. The second-order valence-corrected chi connectivity index (χ2v) is 5.54. The van der Waals surface area contributed by atoms with Crippen LogP contribution in [0.25, 0.3) is 10.6 Å². The number of nitrogens with one attached hydrogen (secondary N) is 2. The van der Waals surface area contributed by atoms with Crippen molar-refractivity contribution in [2.75, 3.05) is 11.9 Å². The predicted molar refractivity (Wildman–Crippen MR) is 79.4 cm³/mol. The molecule has 0 spiro atoms. The van der Waals surface area contributed by atoms with E-state index in [4.69, 9.17) is 0 Å². The van der Waals surface area contributed by atoms with Crippen LogP contribution in [-0.2, 0) is 0 Å². The topological polar surface area (TPSA) is 54.0 Å². The molecule has 2 amide bonds. The number of nitrogens with zero attached hydrogens (tertiary/aromatic N) is 1. The summed E-state index contributed by atoms with van der Waals surface area (Å²) in [6.07, 6.45) is 1.77. The number of urea groups is 1. The summed E-state index contributed by atoms with van der Waals surface area (Å²) in [6, 6.07) is 7.51. The molecule has 2 aromatic rings. The van der Waals surface area contributed by atoms with E-state index < -0.39 is 0 Å². The molecule has 0 saturated heterocycles. The van der Waals surface area contributed by atoms with Gasteiger partial charge in [0.1, 0.15) is 5.01 Å². The first-order chi connectivity index (χ1) is 9.15. The van der Waals surface area contributed by atoms with E-state index in [1.807, 2.05) is 29.6 Å². The number of carbonyl (C=O) groups is 1. The van der Waals surface area contributed by atoms with Crippen LogP contribution in [0, 0.1) is 5.92 Å². The molecule has 2 N–H and O–H groups in total. The molecule has 100 valence electrons. The number of carbonyl (C=O) groups excluding carboxylic acids is 1. The van der Waals surface area contributed by atoms with Crippen LogP contribution in [-0.4, -0.2) is 17.6 Å². The summed E-state index contributed by atoms with van der Waals surface area (Å²) in [4.78, 5) is 15.9. The van der Waals surface area contributed by atoms with Gasteiger partial charge in [-0.25, -0.2) is 9.78 Å². The van der Waals surface area contributed by atoms with Gasteiger partial charge in [0.25, 0.3) is 0 Å². The number of rotatable bonds is 4. The van der Waals surface area contributed by atoms with Crippen molar-refractivity contribution in [2.24, 2.45) is 5.92 Å². The van der Waals surface area contributed by atoms with Crippen molar-refractivity contribution in [1.29, 1.82) is 0 Å². The van der Waals surface area contributed by atoms with Crippen molar-refractivity contribution in [3.63, 3.8) is 0 Å². The molecule has 0 fully saturated rings. The molecule has 0 radical (unpaired) electrons. The first kappa shape index (κ1) is 13.5. The number of aromatic nitrogens is 1. The Morgan fingerprint density at radius 1 is 1.42 bits per heavy atom. The normalized spacial score (nSPS) is 10.5. The number of anilines is 1. The molecule has 19 heavy (non-hydrogen) atoms. The summed E-state index contributed by atoms with van der Waals surface area (Å²) in [5, 5.41) is 8.53. The van der Waals surface area contributed by atoms with Crippen LogP contribution in [0.2, 0.25) is 0 Å². The molecule has 1 aromatic heterocycles. The predicted octanol–water partition coefficient (Wildman–Crippen LogP) is 3.59. The van der Waals surface area contributed by atoms with Crippen molar-refractivity contribution in [3.05, 3.63) is 35.8 Å². The van der Waals surface area contributed by atoms with E-state index in [1.54, 1.807) is 17.5 Å². The van der Waals surface area contributed by atoms with E-state index in [9.17, 15) is 4.79 Å². The Balaban J connectivity index is 2.01. The molecule has 2 rings (SSSR count). The lowest BCUT2D eigenvalue weighted by molar-refractivity contribution is 0.251. The molecule has 0 bridgehead atoms. The Bertz CT molecular complexity index is 537. The maximum Gasteiger partial charge on any atom is 0.319 e. The number of thiazole rings is 1. The maximum absolute atomic E-state index is 11.7. The Labute approximate surface area is 116 Å². The maximum atomic E-state index is 11.7. The van der Waals surface area contributed by atoms with Crippen molar-refractivity contribution in [1.82, 2.24) is 10.3 Å². The summed E-state index contributed by atoms with van der Waals surface area (Å²) < 4.78 is 0. The Morgan fingerprint density at radius 3 is 2.95 bits per heavy atom. The molecule has 5 heteroatoms. The second kappa shape index (κ2) is 6.33. The third-order valence-corrected chi connectivity index (χ3v) is 3.29. The molecule has 0 aliphatic carbocycles. The molecule has 0 aliphatic heterocycles. The van der Waals surface area contributed by atoms with Gasteiger partial charge in [0.05, 0.1) is 0 Å². The first-order valence-electron chi connectivity index (χ1n) is 6.20. The summed E-state index contributed by atoms with van der Waals surface area (Å²) in [5.41, 5.74) is 1.78. The minimum absolute atomic E-state index is 0.176. The van der Waals surface area contributed by atoms with Gasteiger partial charge >= 0.3 is 6.03 Å². The average molecular weight is 275 g/mol. The van der Waals surface area contributed by atoms with E-state index in [1.165, 1.54) is 0 Å². The highest BCUT2D eigenvalue weighted by atomic mass is 32.1. The molecule has 0 aliphatic rings. The van der Waals surface area contributed by atoms with Gasteiger partial charge in [-0.3, -0.25) is 0 Å². The molecular formula is C14H17N3OS. The van der Waals surface area contributed by atoms with Gasteiger partial charge in [0, 0.05) is 29.4 Å². The molecule has 1 aromatic carbocycles. The van der Waals surface area contributed by atoms with Crippen molar-refractivity contribution >= 4 is 23.1 Å². The highest BCUT2D eigenvalue weighted by Crippen LogP contribution is 2.24. The lowest BCUT2D eigenvalue weighted by atomic mass is 10.2. The quantitative estimate of drug-likeness (QED) is 0.896. The summed E-state index contributed by atoms with van der Waals surface area (Å²) in [6.45, 7) is 4.78. The van der Waals surface area contributed by atoms with Gasteiger partial charge in [-0.1, -0.05) is 26.0 Å². The number of benzene rings is 1. The molecule has 1 heterocycles. The SMILES string of the molecule is CC(C)CNC(=O)Nc1cccc(-c2nccs2)c1. The highest BCUT2D eigenvalue weighted by Gasteiger charge is 2.05. The van der Waals surface area contributed by atoms with Crippen LogP contribution in [0.5, 0.6) is 0 Å². The summed E-state index contributed by atoms with van der Waals surface area (Å²) in [7, 11) is 0. The zero-order valence-electron chi connectivity index (χ0n) is 11.0. The average Bonchev–Trinajstić information content (AvgIpc) is 2.90. The fraction of sp³-hybridized carbons (Fsp3) is 0.286. The van der Waals surface area contributed by atoms with Crippen LogP contribution in [0.4, 0.5) is 10.5 Å². The third kappa shape index (κ3) is 4.06. The van der Waals surface area contributed by atoms with Gasteiger partial charge in [-0.2, -0.15) is 0 Å². The van der Waals surface area contributed by atoms with Crippen LogP contribution in [0.3, 0.4) is 0 Å². The van der Waals surface area contributed by atoms with Crippen molar-refractivity contribution < 1.29 is 4.79 Å². The zero-order valence-corrected chi connectivity index (χ0v) is 11.8. The van der Waals surface area contributed by atoms with Gasteiger partial charge < -0.3 is 10.6 Å². The van der Waals surface area contributed by atoms with Crippen molar-refractivity contribution in [3.8, 4) is 10.6 Å². The largest absolute Gasteiger partial charge is 0.338 e. The van der Waals surface area contributed by atoms with E-state index in [0.717, 1.165) is 16.3 Å². The fourth-order valence-corrected chi connectivity index (χ4v) is 2.20. The monoisotopic (exact) mass is 275 g/mol. The fourth-order valence-electron chi connectivity index (χ4n) is 1.57. The number of hydrogen-bond acceptors (Lipinski definition) is 3. The minimum atomic E-state index is -0.176. The van der Waals surface area contributed by atoms with Crippen LogP contribution >= 0.6 is 11.3 Å². The number of amides is 2. The molecule has 0 saturated carbocycles. The first-order valence-corrected chi connectivity index (χ1v) is 7.08. The minimum Gasteiger partial charge on any atom is -0.338 e. The lowest BCUT2D eigenvalue weighted by Gasteiger charge is -2.10. The van der Waals surface area contributed by atoms with Crippen molar-refractivity contribution in [2.45, 2.75) is 13.8 Å². The highest BCUT2D eigenvalue weighted by molar-refractivity contribution is 7.13. The summed E-state index contributed by atoms with van der Waals surface area (Å²) >= 11 is 1.58. The molecule has 0 atom stereocenters. The second-order valence-electron chi connectivity index (χ2n) is 4.65. The Kier molecular flexibility index (Phi) is 4.52.